The fourth-order valence-corrected chi connectivity index (χ4v) is 2.71. The van der Waals surface area contributed by atoms with E-state index in [0.29, 0.717) is 19.5 Å². The van der Waals surface area contributed by atoms with E-state index in [9.17, 15) is 4.79 Å². The Morgan fingerprint density at radius 2 is 1.26 bits per heavy atom. The third-order valence-corrected chi connectivity index (χ3v) is 4.17. The van der Waals surface area contributed by atoms with Crippen LogP contribution in [0.25, 0.3) is 0 Å². The Kier molecular flexibility index (Phi) is 18.9. The summed E-state index contributed by atoms with van der Waals surface area (Å²) in [5.41, 5.74) is 0. The van der Waals surface area contributed by atoms with Crippen molar-refractivity contribution in [1.82, 2.24) is 10.6 Å². The van der Waals surface area contributed by atoms with Crippen molar-refractivity contribution < 1.29 is 9.90 Å². The maximum absolute atomic E-state index is 11.6. The van der Waals surface area contributed by atoms with E-state index >= 15 is 0 Å². The van der Waals surface area contributed by atoms with E-state index < -0.39 is 0 Å². The zero-order chi connectivity index (χ0) is 17.0. The quantitative estimate of drug-likeness (QED) is 0.336. The minimum atomic E-state index is 0.146. The number of rotatable bonds is 18. The van der Waals surface area contributed by atoms with Crippen LogP contribution in [-0.4, -0.2) is 37.3 Å². The fraction of sp³-hybridized carbons (Fsp3) is 0.947. The van der Waals surface area contributed by atoms with Crippen LogP contribution in [0.15, 0.2) is 0 Å². The molecule has 138 valence electrons. The summed E-state index contributed by atoms with van der Waals surface area (Å²) in [5, 5.41) is 14.5. The zero-order valence-corrected chi connectivity index (χ0v) is 15.4. The summed E-state index contributed by atoms with van der Waals surface area (Å²) in [7, 11) is 0. The number of carbonyl (C=O) groups is 1. The highest BCUT2D eigenvalue weighted by Gasteiger charge is 2.00. The highest BCUT2D eigenvalue weighted by Crippen LogP contribution is 2.12. The SMILES string of the molecule is CCCCCCCCCCCCCCC(=O)NCCNCCO. The maximum atomic E-state index is 11.6. The van der Waals surface area contributed by atoms with E-state index in [0.717, 1.165) is 13.0 Å². The van der Waals surface area contributed by atoms with Crippen LogP contribution >= 0.6 is 0 Å². The molecule has 0 rings (SSSR count). The third kappa shape index (κ3) is 19.3. The molecule has 3 N–H and O–H groups in total. The monoisotopic (exact) mass is 328 g/mol. The van der Waals surface area contributed by atoms with Crippen LogP contribution in [0.4, 0.5) is 0 Å². The van der Waals surface area contributed by atoms with E-state index in [1.165, 1.54) is 70.6 Å². The molecule has 0 aliphatic carbocycles. The van der Waals surface area contributed by atoms with Gasteiger partial charge < -0.3 is 15.7 Å². The lowest BCUT2D eigenvalue weighted by molar-refractivity contribution is -0.121. The summed E-state index contributed by atoms with van der Waals surface area (Å²) in [4.78, 5) is 11.6. The second-order valence-corrected chi connectivity index (χ2v) is 6.46. The molecule has 0 aliphatic rings. The van der Waals surface area contributed by atoms with Gasteiger partial charge in [0.05, 0.1) is 6.61 Å². The van der Waals surface area contributed by atoms with Gasteiger partial charge in [-0.05, 0) is 6.42 Å². The minimum absolute atomic E-state index is 0.146. The molecule has 0 saturated heterocycles. The molecule has 4 nitrogen and oxygen atoms in total. The van der Waals surface area contributed by atoms with Crippen molar-refractivity contribution in [3.05, 3.63) is 0 Å². The van der Waals surface area contributed by atoms with Gasteiger partial charge in [-0.15, -0.1) is 0 Å². The number of hydrogen-bond donors (Lipinski definition) is 3. The van der Waals surface area contributed by atoms with Crippen molar-refractivity contribution in [3.63, 3.8) is 0 Å². The van der Waals surface area contributed by atoms with E-state index in [1.54, 1.807) is 0 Å². The van der Waals surface area contributed by atoms with E-state index in [-0.39, 0.29) is 12.5 Å². The van der Waals surface area contributed by atoms with Crippen LogP contribution in [-0.2, 0) is 4.79 Å². The first-order chi connectivity index (χ1) is 11.3. The van der Waals surface area contributed by atoms with Crippen molar-refractivity contribution in [2.24, 2.45) is 0 Å². The number of aliphatic hydroxyl groups is 1. The number of carbonyl (C=O) groups excluding carboxylic acids is 1. The van der Waals surface area contributed by atoms with Crippen molar-refractivity contribution in [3.8, 4) is 0 Å². The van der Waals surface area contributed by atoms with Gasteiger partial charge in [-0.1, -0.05) is 77.6 Å². The normalized spacial score (nSPS) is 10.9. The molecule has 0 aliphatic heterocycles. The van der Waals surface area contributed by atoms with Gasteiger partial charge in [0.2, 0.25) is 5.91 Å². The fourth-order valence-electron chi connectivity index (χ4n) is 2.71. The van der Waals surface area contributed by atoms with Crippen LogP contribution in [0, 0.1) is 0 Å². The Labute approximate surface area is 143 Å². The molecule has 0 aromatic heterocycles. The van der Waals surface area contributed by atoms with Crippen LogP contribution in [0.1, 0.15) is 90.4 Å². The number of amides is 1. The Morgan fingerprint density at radius 1 is 0.739 bits per heavy atom. The van der Waals surface area contributed by atoms with Crippen molar-refractivity contribution >= 4 is 5.91 Å². The first-order valence-electron chi connectivity index (χ1n) is 9.89. The van der Waals surface area contributed by atoms with Crippen LogP contribution in [0.2, 0.25) is 0 Å². The van der Waals surface area contributed by atoms with E-state index in [2.05, 4.69) is 17.6 Å². The number of aliphatic hydroxyl groups excluding tert-OH is 1. The molecule has 4 heteroatoms. The predicted octanol–water partition coefficient (Wildman–Crippen LogP) is 3.78. The molecule has 0 unspecified atom stereocenters. The molecular weight excluding hydrogens is 288 g/mol. The summed E-state index contributed by atoms with van der Waals surface area (Å²) >= 11 is 0. The number of unbranched alkanes of at least 4 members (excludes halogenated alkanes) is 11. The Morgan fingerprint density at radius 3 is 1.78 bits per heavy atom. The topological polar surface area (TPSA) is 61.4 Å². The summed E-state index contributed by atoms with van der Waals surface area (Å²) in [6, 6.07) is 0. The lowest BCUT2D eigenvalue weighted by Gasteiger charge is -2.06. The first-order valence-corrected chi connectivity index (χ1v) is 9.89. The standard InChI is InChI=1S/C19H40N2O2/c1-2-3-4-5-6-7-8-9-10-11-12-13-14-19(23)21-16-15-20-17-18-22/h20,22H,2-18H2,1H3,(H,21,23). The molecule has 0 spiro atoms. The molecule has 0 fully saturated rings. The van der Waals surface area contributed by atoms with Crippen molar-refractivity contribution in [2.45, 2.75) is 90.4 Å². The van der Waals surface area contributed by atoms with Gasteiger partial charge in [0.1, 0.15) is 0 Å². The second kappa shape index (κ2) is 19.4. The van der Waals surface area contributed by atoms with Gasteiger partial charge in [0, 0.05) is 26.1 Å². The lowest BCUT2D eigenvalue weighted by Crippen LogP contribution is -2.32. The van der Waals surface area contributed by atoms with Crippen molar-refractivity contribution in [1.29, 1.82) is 0 Å². The van der Waals surface area contributed by atoms with E-state index in [1.807, 2.05) is 0 Å². The predicted molar refractivity (Wildman–Crippen MR) is 98.7 cm³/mol. The van der Waals surface area contributed by atoms with Gasteiger partial charge in [0.25, 0.3) is 0 Å². The molecule has 0 heterocycles. The van der Waals surface area contributed by atoms with Crippen molar-refractivity contribution in [2.75, 3.05) is 26.2 Å². The lowest BCUT2D eigenvalue weighted by atomic mass is 10.0. The number of nitrogens with one attached hydrogen (secondary N) is 2. The smallest absolute Gasteiger partial charge is 0.220 e. The largest absolute Gasteiger partial charge is 0.395 e. The Bertz CT molecular complexity index is 248. The first kappa shape index (κ1) is 22.4. The molecule has 0 atom stereocenters. The van der Waals surface area contributed by atoms with Gasteiger partial charge in [-0.25, -0.2) is 0 Å². The van der Waals surface area contributed by atoms with Gasteiger partial charge in [-0.3, -0.25) is 4.79 Å². The molecule has 0 aromatic carbocycles. The molecular formula is C19H40N2O2. The Hall–Kier alpha value is -0.610. The van der Waals surface area contributed by atoms with Crippen LogP contribution in [0.3, 0.4) is 0 Å². The van der Waals surface area contributed by atoms with Gasteiger partial charge in [0.15, 0.2) is 0 Å². The average molecular weight is 329 g/mol. The molecule has 0 aromatic rings. The summed E-state index contributed by atoms with van der Waals surface area (Å²) in [6.45, 7) is 4.38. The van der Waals surface area contributed by atoms with Crippen LogP contribution < -0.4 is 10.6 Å². The second-order valence-electron chi connectivity index (χ2n) is 6.46. The molecule has 1 amide bonds. The highest BCUT2D eigenvalue weighted by atomic mass is 16.3. The summed E-state index contributed by atoms with van der Waals surface area (Å²) in [6.07, 6.45) is 16.5. The molecule has 0 radical (unpaired) electrons. The molecule has 0 bridgehead atoms. The summed E-state index contributed by atoms with van der Waals surface area (Å²) < 4.78 is 0. The van der Waals surface area contributed by atoms with Crippen LogP contribution in [0.5, 0.6) is 0 Å². The summed E-state index contributed by atoms with van der Waals surface area (Å²) in [5.74, 6) is 0.155. The molecule has 23 heavy (non-hydrogen) atoms. The third-order valence-electron chi connectivity index (χ3n) is 4.17. The average Bonchev–Trinajstić information content (AvgIpc) is 2.55. The number of hydrogen-bond acceptors (Lipinski definition) is 3. The highest BCUT2D eigenvalue weighted by molar-refractivity contribution is 5.75. The molecule has 0 saturated carbocycles. The minimum Gasteiger partial charge on any atom is -0.395 e. The Balaban J connectivity index is 3.10. The van der Waals surface area contributed by atoms with Gasteiger partial charge >= 0.3 is 0 Å². The zero-order valence-electron chi connectivity index (χ0n) is 15.4. The van der Waals surface area contributed by atoms with E-state index in [4.69, 9.17) is 5.11 Å². The van der Waals surface area contributed by atoms with Gasteiger partial charge in [-0.2, -0.15) is 0 Å². The maximum Gasteiger partial charge on any atom is 0.220 e.